The van der Waals surface area contributed by atoms with E-state index in [1.807, 2.05) is 0 Å². The Labute approximate surface area is 147 Å². The van der Waals surface area contributed by atoms with Gasteiger partial charge in [0.1, 0.15) is 5.82 Å². The minimum atomic E-state index is -0.627. The summed E-state index contributed by atoms with van der Waals surface area (Å²) in [6.45, 7) is 0. The van der Waals surface area contributed by atoms with Gasteiger partial charge in [-0.05, 0) is 36.4 Å². The van der Waals surface area contributed by atoms with Crippen molar-refractivity contribution >= 4 is 46.4 Å². The van der Waals surface area contributed by atoms with Gasteiger partial charge in [-0.1, -0.05) is 24.4 Å². The van der Waals surface area contributed by atoms with Crippen LogP contribution in [0.3, 0.4) is 0 Å². The van der Waals surface area contributed by atoms with Crippen LogP contribution in [0.1, 0.15) is 10.4 Å². The standard InChI is InChI=1S/C17H12FN3O3S/c1-24-16(22)12-4-2-3-5-13(12)21-15(25)14(19)20(17(21)23)11-8-6-10(18)7-9-11/h2-9,19H,1H3. The van der Waals surface area contributed by atoms with Crippen LogP contribution >= 0.6 is 12.2 Å². The Morgan fingerprint density at radius 2 is 1.76 bits per heavy atom. The molecule has 0 unspecified atom stereocenters. The number of urea groups is 1. The van der Waals surface area contributed by atoms with E-state index in [1.165, 1.54) is 43.5 Å². The third-order valence-electron chi connectivity index (χ3n) is 3.65. The second-order valence-corrected chi connectivity index (χ2v) is 5.48. The first-order valence-corrected chi connectivity index (χ1v) is 7.56. The Hall–Kier alpha value is -3.13. The monoisotopic (exact) mass is 357 g/mol. The van der Waals surface area contributed by atoms with Crippen LogP contribution in [0.5, 0.6) is 0 Å². The number of amides is 2. The third-order valence-corrected chi connectivity index (χ3v) is 4.02. The van der Waals surface area contributed by atoms with Crippen LogP contribution in [0.25, 0.3) is 0 Å². The smallest absolute Gasteiger partial charge is 0.340 e. The molecular weight excluding hydrogens is 345 g/mol. The molecule has 1 N–H and O–H groups in total. The van der Waals surface area contributed by atoms with Gasteiger partial charge in [0.2, 0.25) is 0 Å². The highest BCUT2D eigenvalue weighted by atomic mass is 32.1. The summed E-state index contributed by atoms with van der Waals surface area (Å²) in [5.74, 6) is -1.32. The van der Waals surface area contributed by atoms with Crippen LogP contribution in [0.4, 0.5) is 20.6 Å². The zero-order valence-corrected chi connectivity index (χ0v) is 13.8. The lowest BCUT2D eigenvalue weighted by atomic mass is 10.1. The molecule has 1 aliphatic rings. The van der Waals surface area contributed by atoms with E-state index in [9.17, 15) is 14.0 Å². The molecule has 0 saturated carbocycles. The fourth-order valence-electron chi connectivity index (χ4n) is 2.48. The molecule has 1 fully saturated rings. The fraction of sp³-hybridized carbons (Fsp3) is 0.0588. The van der Waals surface area contributed by atoms with Crippen molar-refractivity contribution in [2.75, 3.05) is 16.9 Å². The van der Waals surface area contributed by atoms with Gasteiger partial charge in [0.25, 0.3) is 0 Å². The van der Waals surface area contributed by atoms with E-state index in [-0.39, 0.29) is 22.1 Å². The number of carbonyl (C=O) groups excluding carboxylic acids is 2. The Morgan fingerprint density at radius 1 is 1.12 bits per heavy atom. The SMILES string of the molecule is COC(=O)c1ccccc1N1C(=O)N(c2ccc(F)cc2)C(=N)C1=S. The maximum atomic E-state index is 13.1. The molecule has 1 heterocycles. The Bertz CT molecular complexity index is 898. The van der Waals surface area contributed by atoms with Crippen molar-refractivity contribution in [1.29, 1.82) is 5.41 Å². The highest BCUT2D eigenvalue weighted by Gasteiger charge is 2.41. The van der Waals surface area contributed by atoms with Crippen molar-refractivity contribution in [3.05, 3.63) is 59.9 Å². The van der Waals surface area contributed by atoms with E-state index in [0.717, 1.165) is 9.80 Å². The number of para-hydroxylation sites is 1. The lowest BCUT2D eigenvalue weighted by Gasteiger charge is -2.19. The number of amidine groups is 1. The number of nitrogens with one attached hydrogen (secondary N) is 1. The van der Waals surface area contributed by atoms with Crippen molar-refractivity contribution in [2.45, 2.75) is 0 Å². The lowest BCUT2D eigenvalue weighted by molar-refractivity contribution is 0.0601. The number of anilines is 2. The number of benzene rings is 2. The molecule has 3 rings (SSSR count). The first-order chi connectivity index (χ1) is 12.0. The van der Waals surface area contributed by atoms with Crippen molar-refractivity contribution in [2.24, 2.45) is 0 Å². The number of methoxy groups -OCH3 is 1. The predicted octanol–water partition coefficient (Wildman–Crippen LogP) is 3.36. The topological polar surface area (TPSA) is 73.7 Å². The van der Waals surface area contributed by atoms with Gasteiger partial charge in [0.05, 0.1) is 24.0 Å². The number of hydrogen-bond donors (Lipinski definition) is 1. The summed E-state index contributed by atoms with van der Waals surface area (Å²) in [5, 5.41) is 8.15. The first kappa shape index (κ1) is 16.7. The molecule has 126 valence electrons. The van der Waals surface area contributed by atoms with Crippen LogP contribution < -0.4 is 9.80 Å². The second kappa shape index (κ2) is 6.40. The van der Waals surface area contributed by atoms with E-state index >= 15 is 0 Å². The highest BCUT2D eigenvalue weighted by Crippen LogP contribution is 2.30. The molecule has 0 spiro atoms. The zero-order valence-electron chi connectivity index (χ0n) is 13.0. The van der Waals surface area contributed by atoms with Crippen molar-refractivity contribution in [3.8, 4) is 0 Å². The predicted molar refractivity (Wildman–Crippen MR) is 94.9 cm³/mol. The van der Waals surface area contributed by atoms with Gasteiger partial charge in [0.15, 0.2) is 10.8 Å². The molecule has 0 atom stereocenters. The molecule has 0 aliphatic carbocycles. The Balaban J connectivity index is 2.06. The fourth-order valence-corrected chi connectivity index (χ4v) is 2.75. The molecule has 25 heavy (non-hydrogen) atoms. The van der Waals surface area contributed by atoms with Crippen molar-refractivity contribution in [3.63, 3.8) is 0 Å². The van der Waals surface area contributed by atoms with Gasteiger partial charge in [-0.15, -0.1) is 0 Å². The molecule has 6 nitrogen and oxygen atoms in total. The number of carbonyl (C=O) groups is 2. The number of hydrogen-bond acceptors (Lipinski definition) is 5. The minimum absolute atomic E-state index is 0.0642. The molecule has 2 amide bonds. The molecular formula is C17H12FN3O3S. The number of ether oxygens (including phenoxy) is 1. The van der Waals surface area contributed by atoms with Crippen molar-refractivity contribution in [1.82, 2.24) is 0 Å². The van der Waals surface area contributed by atoms with Crippen LogP contribution in [0, 0.1) is 11.2 Å². The normalized spacial score (nSPS) is 14.2. The lowest BCUT2D eigenvalue weighted by Crippen LogP contribution is -2.34. The number of rotatable bonds is 3. The van der Waals surface area contributed by atoms with E-state index in [2.05, 4.69) is 0 Å². The summed E-state index contributed by atoms with van der Waals surface area (Å²) in [4.78, 5) is 26.9. The average Bonchev–Trinajstić information content (AvgIpc) is 2.84. The summed E-state index contributed by atoms with van der Waals surface area (Å²) >= 11 is 5.22. The zero-order chi connectivity index (χ0) is 18.1. The van der Waals surface area contributed by atoms with E-state index in [0.29, 0.717) is 5.69 Å². The quantitative estimate of drug-likeness (QED) is 0.675. The van der Waals surface area contributed by atoms with Gasteiger partial charge < -0.3 is 4.74 Å². The molecule has 0 aromatic heterocycles. The largest absolute Gasteiger partial charge is 0.465 e. The molecule has 0 radical (unpaired) electrons. The van der Waals surface area contributed by atoms with Crippen LogP contribution in [-0.4, -0.2) is 29.9 Å². The molecule has 1 saturated heterocycles. The van der Waals surface area contributed by atoms with Crippen LogP contribution in [0.2, 0.25) is 0 Å². The van der Waals surface area contributed by atoms with Gasteiger partial charge in [-0.2, -0.15) is 0 Å². The number of halogens is 1. The van der Waals surface area contributed by atoms with Gasteiger partial charge in [0, 0.05) is 0 Å². The molecule has 1 aliphatic heterocycles. The average molecular weight is 357 g/mol. The molecule has 2 aromatic carbocycles. The Kier molecular flexibility index (Phi) is 4.28. The summed E-state index contributed by atoms with van der Waals surface area (Å²) in [6.07, 6.45) is 0. The molecule has 2 aromatic rings. The second-order valence-electron chi connectivity index (χ2n) is 5.09. The van der Waals surface area contributed by atoms with Crippen molar-refractivity contribution < 1.29 is 18.7 Å². The Morgan fingerprint density at radius 3 is 2.40 bits per heavy atom. The van der Waals surface area contributed by atoms with Crippen LogP contribution in [0.15, 0.2) is 48.5 Å². The van der Waals surface area contributed by atoms with Gasteiger partial charge >= 0.3 is 12.0 Å². The van der Waals surface area contributed by atoms with E-state index in [4.69, 9.17) is 22.4 Å². The van der Waals surface area contributed by atoms with E-state index in [1.54, 1.807) is 12.1 Å². The minimum Gasteiger partial charge on any atom is -0.465 e. The molecule has 0 bridgehead atoms. The summed E-state index contributed by atoms with van der Waals surface area (Å²) in [7, 11) is 1.23. The third kappa shape index (κ3) is 2.76. The summed E-state index contributed by atoms with van der Waals surface area (Å²) in [6, 6.07) is 10.8. The van der Waals surface area contributed by atoms with Gasteiger partial charge in [-0.25, -0.2) is 23.8 Å². The molecule has 8 heteroatoms. The summed E-state index contributed by atoms with van der Waals surface area (Å²) < 4.78 is 17.9. The number of nitrogens with zero attached hydrogens (tertiary/aromatic N) is 2. The van der Waals surface area contributed by atoms with Gasteiger partial charge in [-0.3, -0.25) is 5.41 Å². The van der Waals surface area contributed by atoms with E-state index < -0.39 is 17.8 Å². The first-order valence-electron chi connectivity index (χ1n) is 7.15. The summed E-state index contributed by atoms with van der Waals surface area (Å²) in [5.41, 5.74) is 0.671. The van der Waals surface area contributed by atoms with Crippen LogP contribution in [-0.2, 0) is 4.74 Å². The number of esters is 1. The highest BCUT2D eigenvalue weighted by molar-refractivity contribution is 7.82. The number of thiocarbonyl (C=S) groups is 1. The maximum absolute atomic E-state index is 13.1. The maximum Gasteiger partial charge on any atom is 0.340 e.